The first-order valence-electron chi connectivity index (χ1n) is 8.51. The van der Waals surface area contributed by atoms with E-state index in [9.17, 15) is 4.79 Å². The summed E-state index contributed by atoms with van der Waals surface area (Å²) in [4.78, 5) is 25.0. The predicted molar refractivity (Wildman–Crippen MR) is 102 cm³/mol. The van der Waals surface area contributed by atoms with Gasteiger partial charge in [-0.15, -0.1) is 11.3 Å². The van der Waals surface area contributed by atoms with Crippen LogP contribution in [0.5, 0.6) is 0 Å². The highest BCUT2D eigenvalue weighted by Crippen LogP contribution is 2.35. The maximum Gasteiger partial charge on any atom is 0.221 e. The molecule has 1 aliphatic rings. The van der Waals surface area contributed by atoms with Crippen LogP contribution in [0.1, 0.15) is 19.3 Å². The van der Waals surface area contributed by atoms with E-state index in [4.69, 9.17) is 0 Å². The van der Waals surface area contributed by atoms with E-state index in [1.54, 1.807) is 17.7 Å². The SMILES string of the molecule is CN(CCC(=O)NC1CC1)c1ncnc2sc(-c3ccccc3)cc12. The summed E-state index contributed by atoms with van der Waals surface area (Å²) in [6, 6.07) is 12.9. The summed E-state index contributed by atoms with van der Waals surface area (Å²) in [6.45, 7) is 0.640. The van der Waals surface area contributed by atoms with E-state index in [2.05, 4.69) is 33.5 Å². The highest BCUT2D eigenvalue weighted by molar-refractivity contribution is 7.21. The fourth-order valence-electron chi connectivity index (χ4n) is 2.79. The summed E-state index contributed by atoms with van der Waals surface area (Å²) in [5, 5.41) is 4.07. The number of thiophene rings is 1. The number of benzene rings is 1. The molecule has 0 radical (unpaired) electrons. The molecule has 0 spiro atoms. The van der Waals surface area contributed by atoms with Crippen LogP contribution in [-0.4, -0.2) is 35.5 Å². The van der Waals surface area contributed by atoms with Crippen molar-refractivity contribution in [2.45, 2.75) is 25.3 Å². The lowest BCUT2D eigenvalue weighted by Crippen LogP contribution is -2.30. The van der Waals surface area contributed by atoms with Gasteiger partial charge in [-0.1, -0.05) is 30.3 Å². The molecule has 1 aliphatic carbocycles. The highest BCUT2D eigenvalue weighted by Gasteiger charge is 2.23. The smallest absolute Gasteiger partial charge is 0.221 e. The molecule has 0 aliphatic heterocycles. The molecule has 1 saturated carbocycles. The number of aromatic nitrogens is 2. The van der Waals surface area contributed by atoms with Crippen molar-refractivity contribution in [2.75, 3.05) is 18.5 Å². The average molecular weight is 352 g/mol. The minimum atomic E-state index is 0.120. The van der Waals surface area contributed by atoms with Crippen molar-refractivity contribution in [2.24, 2.45) is 0 Å². The van der Waals surface area contributed by atoms with Crippen molar-refractivity contribution in [3.05, 3.63) is 42.7 Å². The Balaban J connectivity index is 1.54. The van der Waals surface area contributed by atoms with Gasteiger partial charge in [-0.05, 0) is 24.5 Å². The number of hydrogen-bond acceptors (Lipinski definition) is 5. The number of rotatable bonds is 6. The van der Waals surface area contributed by atoms with Gasteiger partial charge in [0.05, 0.1) is 5.39 Å². The molecule has 0 saturated heterocycles. The van der Waals surface area contributed by atoms with E-state index in [0.717, 1.165) is 28.9 Å². The lowest BCUT2D eigenvalue weighted by molar-refractivity contribution is -0.121. The largest absolute Gasteiger partial charge is 0.359 e. The molecule has 5 nitrogen and oxygen atoms in total. The molecular formula is C19H20N4OS. The van der Waals surface area contributed by atoms with Gasteiger partial charge in [0.2, 0.25) is 5.91 Å². The molecule has 6 heteroatoms. The van der Waals surface area contributed by atoms with Crippen molar-refractivity contribution in [3.63, 3.8) is 0 Å². The van der Waals surface area contributed by atoms with Crippen LogP contribution in [0, 0.1) is 0 Å². The molecule has 128 valence electrons. The first-order chi connectivity index (χ1) is 12.2. The third-order valence-electron chi connectivity index (χ3n) is 4.34. The van der Waals surface area contributed by atoms with Gasteiger partial charge >= 0.3 is 0 Å². The van der Waals surface area contributed by atoms with E-state index in [1.807, 2.05) is 30.1 Å². The second-order valence-corrected chi connectivity index (χ2v) is 7.44. The number of amides is 1. The zero-order valence-corrected chi connectivity index (χ0v) is 14.9. The van der Waals surface area contributed by atoms with Gasteiger partial charge in [-0.2, -0.15) is 0 Å². The van der Waals surface area contributed by atoms with E-state index in [1.165, 1.54) is 10.4 Å². The molecule has 0 unspecified atom stereocenters. The van der Waals surface area contributed by atoms with Crippen molar-refractivity contribution < 1.29 is 4.79 Å². The second-order valence-electron chi connectivity index (χ2n) is 6.41. The molecule has 3 aromatic rings. The molecule has 25 heavy (non-hydrogen) atoms. The number of anilines is 1. The Bertz CT molecular complexity index is 889. The molecule has 2 heterocycles. The van der Waals surface area contributed by atoms with Crippen molar-refractivity contribution >= 4 is 33.3 Å². The maximum atomic E-state index is 11.9. The normalized spacial score (nSPS) is 13.8. The van der Waals surface area contributed by atoms with Crippen molar-refractivity contribution in [1.29, 1.82) is 0 Å². The first-order valence-corrected chi connectivity index (χ1v) is 9.33. The topological polar surface area (TPSA) is 58.1 Å². The van der Waals surface area contributed by atoms with Crippen LogP contribution < -0.4 is 10.2 Å². The lowest BCUT2D eigenvalue weighted by atomic mass is 10.2. The maximum absolute atomic E-state index is 11.9. The number of carbonyl (C=O) groups is 1. The summed E-state index contributed by atoms with van der Waals surface area (Å²) in [5.41, 5.74) is 1.18. The number of nitrogens with one attached hydrogen (secondary N) is 1. The number of hydrogen-bond donors (Lipinski definition) is 1. The van der Waals surface area contributed by atoms with Gasteiger partial charge in [-0.25, -0.2) is 9.97 Å². The molecule has 1 amide bonds. The Labute approximate surface area is 150 Å². The van der Waals surface area contributed by atoms with Crippen LogP contribution in [0.2, 0.25) is 0 Å². The molecule has 2 aromatic heterocycles. The zero-order valence-electron chi connectivity index (χ0n) is 14.1. The average Bonchev–Trinajstić information content (AvgIpc) is 3.34. The quantitative estimate of drug-likeness (QED) is 0.738. The fraction of sp³-hybridized carbons (Fsp3) is 0.316. The summed E-state index contributed by atoms with van der Waals surface area (Å²) < 4.78 is 0. The third kappa shape index (κ3) is 3.64. The standard InChI is InChI=1S/C19H20N4OS/c1-23(10-9-17(24)22-14-7-8-14)18-15-11-16(13-5-3-2-4-6-13)25-19(15)21-12-20-18/h2-6,11-12,14H,7-10H2,1H3,(H,22,24). The number of nitrogens with zero attached hydrogens (tertiary/aromatic N) is 3. The highest BCUT2D eigenvalue weighted by atomic mass is 32.1. The zero-order chi connectivity index (χ0) is 17.2. The molecule has 1 fully saturated rings. The Morgan fingerprint density at radius 2 is 2.08 bits per heavy atom. The van der Waals surface area contributed by atoms with E-state index < -0.39 is 0 Å². The van der Waals surface area contributed by atoms with E-state index in [0.29, 0.717) is 19.0 Å². The van der Waals surface area contributed by atoms with Gasteiger partial charge in [0.1, 0.15) is 17.0 Å². The minimum absolute atomic E-state index is 0.120. The second kappa shape index (κ2) is 6.80. The summed E-state index contributed by atoms with van der Waals surface area (Å²) in [6.07, 6.45) is 4.31. The molecule has 4 rings (SSSR count). The fourth-order valence-corrected chi connectivity index (χ4v) is 3.79. The molecule has 0 bridgehead atoms. The Morgan fingerprint density at radius 1 is 1.28 bits per heavy atom. The van der Waals surface area contributed by atoms with Crippen LogP contribution in [0.3, 0.4) is 0 Å². The van der Waals surface area contributed by atoms with Gasteiger partial charge in [0, 0.05) is 30.9 Å². The van der Waals surface area contributed by atoms with Gasteiger partial charge in [0.15, 0.2) is 0 Å². The van der Waals surface area contributed by atoms with Crippen LogP contribution in [0.25, 0.3) is 20.7 Å². The third-order valence-corrected chi connectivity index (χ3v) is 5.44. The van der Waals surface area contributed by atoms with Crippen LogP contribution in [0.4, 0.5) is 5.82 Å². The summed E-state index contributed by atoms with van der Waals surface area (Å²) in [7, 11) is 1.98. The van der Waals surface area contributed by atoms with Crippen molar-refractivity contribution in [1.82, 2.24) is 15.3 Å². The van der Waals surface area contributed by atoms with Crippen LogP contribution >= 0.6 is 11.3 Å². The predicted octanol–water partition coefficient (Wildman–Crippen LogP) is 3.46. The molecule has 0 atom stereocenters. The lowest BCUT2D eigenvalue weighted by Gasteiger charge is -2.18. The minimum Gasteiger partial charge on any atom is -0.359 e. The molecule has 1 aromatic carbocycles. The van der Waals surface area contributed by atoms with Gasteiger partial charge < -0.3 is 10.2 Å². The number of fused-ring (bicyclic) bond motifs is 1. The number of carbonyl (C=O) groups excluding carboxylic acids is 1. The Hall–Kier alpha value is -2.47. The van der Waals surface area contributed by atoms with Crippen LogP contribution in [0.15, 0.2) is 42.7 Å². The molecule has 1 N–H and O–H groups in total. The Kier molecular flexibility index (Phi) is 4.36. The first kappa shape index (κ1) is 16.0. The van der Waals surface area contributed by atoms with E-state index in [-0.39, 0.29) is 5.91 Å². The van der Waals surface area contributed by atoms with E-state index >= 15 is 0 Å². The van der Waals surface area contributed by atoms with Gasteiger partial charge in [0.25, 0.3) is 0 Å². The molecular weight excluding hydrogens is 332 g/mol. The van der Waals surface area contributed by atoms with Crippen molar-refractivity contribution in [3.8, 4) is 10.4 Å². The summed E-state index contributed by atoms with van der Waals surface area (Å²) in [5.74, 6) is 0.998. The van der Waals surface area contributed by atoms with Gasteiger partial charge in [-0.3, -0.25) is 4.79 Å². The van der Waals surface area contributed by atoms with Crippen LogP contribution in [-0.2, 0) is 4.79 Å². The Morgan fingerprint density at radius 3 is 2.84 bits per heavy atom. The monoisotopic (exact) mass is 352 g/mol. The summed E-state index contributed by atoms with van der Waals surface area (Å²) >= 11 is 1.67.